The Morgan fingerprint density at radius 2 is 1.60 bits per heavy atom. The Morgan fingerprint density at radius 1 is 0.900 bits per heavy atom. The lowest BCUT2D eigenvalue weighted by atomic mass is 10.3. The van der Waals surface area contributed by atoms with E-state index in [0.29, 0.717) is 17.7 Å². The lowest BCUT2D eigenvalue weighted by Crippen LogP contribution is -1.99. The van der Waals surface area contributed by atoms with Gasteiger partial charge in [0.05, 0.1) is 6.54 Å². The minimum atomic E-state index is 0.520. The van der Waals surface area contributed by atoms with Crippen molar-refractivity contribution in [1.29, 1.82) is 0 Å². The van der Waals surface area contributed by atoms with E-state index >= 15 is 0 Å². The summed E-state index contributed by atoms with van der Waals surface area (Å²) < 4.78 is 5.59. The molecule has 100 valence electrons. The largest absolute Gasteiger partial charge is 0.414 e. The molecule has 0 saturated carbocycles. The van der Waals surface area contributed by atoms with E-state index in [-0.39, 0.29) is 0 Å². The minimum Gasteiger partial charge on any atom is -0.414 e. The molecule has 5 heteroatoms. The SMILES string of the molecule is c1ccc(NCc2nnc(Sc3ccccc3)o2)cc1. The highest BCUT2D eigenvalue weighted by Crippen LogP contribution is 2.25. The van der Waals surface area contributed by atoms with Crippen LogP contribution in [0.4, 0.5) is 5.69 Å². The van der Waals surface area contributed by atoms with E-state index in [1.807, 2.05) is 60.7 Å². The van der Waals surface area contributed by atoms with Gasteiger partial charge in [-0.2, -0.15) is 0 Å². The summed E-state index contributed by atoms with van der Waals surface area (Å²) in [5, 5.41) is 11.8. The smallest absolute Gasteiger partial charge is 0.281 e. The maximum absolute atomic E-state index is 5.59. The molecule has 1 N–H and O–H groups in total. The molecule has 0 atom stereocenters. The second kappa shape index (κ2) is 6.25. The number of nitrogens with zero attached hydrogens (tertiary/aromatic N) is 2. The van der Waals surface area contributed by atoms with E-state index in [0.717, 1.165) is 10.6 Å². The summed E-state index contributed by atoms with van der Waals surface area (Å²) in [6.07, 6.45) is 0. The highest BCUT2D eigenvalue weighted by atomic mass is 32.2. The molecular weight excluding hydrogens is 270 g/mol. The van der Waals surface area contributed by atoms with Crippen LogP contribution < -0.4 is 5.32 Å². The zero-order chi connectivity index (χ0) is 13.6. The molecular formula is C15H13N3OS. The second-order valence-corrected chi connectivity index (χ2v) is 5.12. The van der Waals surface area contributed by atoms with E-state index in [1.165, 1.54) is 11.8 Å². The predicted molar refractivity (Wildman–Crippen MR) is 78.6 cm³/mol. The van der Waals surface area contributed by atoms with Gasteiger partial charge in [0.25, 0.3) is 5.22 Å². The monoisotopic (exact) mass is 283 g/mol. The highest BCUT2D eigenvalue weighted by molar-refractivity contribution is 7.99. The van der Waals surface area contributed by atoms with Crippen LogP contribution in [0.15, 0.2) is 75.2 Å². The molecule has 3 aromatic rings. The Hall–Kier alpha value is -2.27. The molecule has 20 heavy (non-hydrogen) atoms. The van der Waals surface area contributed by atoms with Crippen LogP contribution in [-0.2, 0) is 6.54 Å². The van der Waals surface area contributed by atoms with Crippen molar-refractivity contribution in [2.45, 2.75) is 16.7 Å². The molecule has 0 fully saturated rings. The third-order valence-electron chi connectivity index (χ3n) is 2.61. The quantitative estimate of drug-likeness (QED) is 0.771. The maximum Gasteiger partial charge on any atom is 0.281 e. The van der Waals surface area contributed by atoms with Gasteiger partial charge >= 0.3 is 0 Å². The second-order valence-electron chi connectivity index (χ2n) is 4.10. The van der Waals surface area contributed by atoms with Gasteiger partial charge in [0, 0.05) is 10.6 Å². The van der Waals surface area contributed by atoms with Crippen molar-refractivity contribution < 1.29 is 4.42 Å². The summed E-state index contributed by atoms with van der Waals surface area (Å²) in [5.74, 6) is 0.576. The summed E-state index contributed by atoms with van der Waals surface area (Å²) in [4.78, 5) is 1.08. The van der Waals surface area contributed by atoms with Crippen molar-refractivity contribution in [3.05, 3.63) is 66.6 Å². The summed E-state index contributed by atoms with van der Waals surface area (Å²) in [6, 6.07) is 19.9. The Morgan fingerprint density at radius 3 is 2.35 bits per heavy atom. The number of aromatic nitrogens is 2. The van der Waals surface area contributed by atoms with Crippen LogP contribution in [0.2, 0.25) is 0 Å². The van der Waals surface area contributed by atoms with Gasteiger partial charge in [0.2, 0.25) is 5.89 Å². The molecule has 0 unspecified atom stereocenters. The van der Waals surface area contributed by atoms with E-state index in [2.05, 4.69) is 15.5 Å². The van der Waals surface area contributed by atoms with Gasteiger partial charge in [-0.05, 0) is 36.0 Å². The molecule has 0 bridgehead atoms. The number of nitrogens with one attached hydrogen (secondary N) is 1. The van der Waals surface area contributed by atoms with Crippen LogP contribution in [0.5, 0.6) is 0 Å². The molecule has 1 heterocycles. The summed E-state index contributed by atoms with van der Waals surface area (Å²) in [5.41, 5.74) is 1.03. The van der Waals surface area contributed by atoms with Crippen LogP contribution in [0, 0.1) is 0 Å². The average Bonchev–Trinajstić information content (AvgIpc) is 2.95. The first-order valence-corrected chi connectivity index (χ1v) is 7.06. The van der Waals surface area contributed by atoms with Gasteiger partial charge in [0.15, 0.2) is 0 Å². The topological polar surface area (TPSA) is 51.0 Å². The zero-order valence-electron chi connectivity index (χ0n) is 10.7. The van der Waals surface area contributed by atoms with Crippen molar-refractivity contribution >= 4 is 17.4 Å². The first kappa shape index (κ1) is 12.7. The Kier molecular flexibility index (Phi) is 3.99. The molecule has 1 aromatic heterocycles. The van der Waals surface area contributed by atoms with Gasteiger partial charge in [-0.25, -0.2) is 0 Å². The standard InChI is InChI=1S/C15H13N3OS/c1-3-7-12(8-4-1)16-11-14-17-18-15(19-14)20-13-9-5-2-6-10-13/h1-10,16H,11H2. The van der Waals surface area contributed by atoms with Gasteiger partial charge in [-0.3, -0.25) is 0 Å². The fraction of sp³-hybridized carbons (Fsp3) is 0.0667. The van der Waals surface area contributed by atoms with Crippen molar-refractivity contribution in [3.63, 3.8) is 0 Å². The number of benzene rings is 2. The average molecular weight is 283 g/mol. The third kappa shape index (κ3) is 3.39. The maximum atomic E-state index is 5.59. The lowest BCUT2D eigenvalue weighted by Gasteiger charge is -2.01. The van der Waals surface area contributed by atoms with Gasteiger partial charge in [-0.1, -0.05) is 36.4 Å². The third-order valence-corrected chi connectivity index (χ3v) is 3.46. The number of rotatable bonds is 5. The van der Waals surface area contributed by atoms with Crippen molar-refractivity contribution in [1.82, 2.24) is 10.2 Å². The van der Waals surface area contributed by atoms with E-state index < -0.39 is 0 Å². The summed E-state index contributed by atoms with van der Waals surface area (Å²) >= 11 is 1.46. The number of para-hydroxylation sites is 1. The zero-order valence-corrected chi connectivity index (χ0v) is 11.5. The lowest BCUT2D eigenvalue weighted by molar-refractivity contribution is 0.418. The van der Waals surface area contributed by atoms with Crippen molar-refractivity contribution in [3.8, 4) is 0 Å². The number of hydrogen-bond acceptors (Lipinski definition) is 5. The van der Waals surface area contributed by atoms with Gasteiger partial charge in [0.1, 0.15) is 0 Å². The summed E-state index contributed by atoms with van der Waals surface area (Å²) in [7, 11) is 0. The number of hydrogen-bond donors (Lipinski definition) is 1. The minimum absolute atomic E-state index is 0.520. The normalized spacial score (nSPS) is 10.4. The van der Waals surface area contributed by atoms with Gasteiger partial charge < -0.3 is 9.73 Å². The predicted octanol–water partition coefficient (Wildman–Crippen LogP) is 3.83. The van der Waals surface area contributed by atoms with Crippen molar-refractivity contribution in [2.75, 3.05) is 5.32 Å². The molecule has 0 radical (unpaired) electrons. The Bertz CT molecular complexity index is 655. The molecule has 0 amide bonds. The molecule has 0 spiro atoms. The molecule has 0 aliphatic heterocycles. The van der Waals surface area contributed by atoms with Crippen LogP contribution in [0.3, 0.4) is 0 Å². The molecule has 0 saturated heterocycles. The Labute approximate surface area is 121 Å². The van der Waals surface area contributed by atoms with Crippen LogP contribution >= 0.6 is 11.8 Å². The van der Waals surface area contributed by atoms with E-state index in [9.17, 15) is 0 Å². The molecule has 0 aliphatic carbocycles. The number of anilines is 1. The molecule has 4 nitrogen and oxygen atoms in total. The molecule has 0 aliphatic rings. The van der Waals surface area contributed by atoms with E-state index in [1.54, 1.807) is 0 Å². The van der Waals surface area contributed by atoms with Crippen LogP contribution in [-0.4, -0.2) is 10.2 Å². The molecule has 2 aromatic carbocycles. The fourth-order valence-corrected chi connectivity index (χ4v) is 2.39. The van der Waals surface area contributed by atoms with E-state index in [4.69, 9.17) is 4.42 Å². The molecule has 3 rings (SSSR count). The summed E-state index contributed by atoms with van der Waals surface area (Å²) in [6.45, 7) is 0.520. The van der Waals surface area contributed by atoms with Crippen molar-refractivity contribution in [2.24, 2.45) is 0 Å². The first-order valence-electron chi connectivity index (χ1n) is 6.24. The first-order chi connectivity index (χ1) is 9.90. The Balaban J connectivity index is 1.60. The highest BCUT2D eigenvalue weighted by Gasteiger charge is 2.07. The van der Waals surface area contributed by atoms with Gasteiger partial charge in [-0.15, -0.1) is 10.2 Å². The fourth-order valence-electron chi connectivity index (χ4n) is 1.67. The van der Waals surface area contributed by atoms with Crippen LogP contribution in [0.1, 0.15) is 5.89 Å². The van der Waals surface area contributed by atoms with Crippen LogP contribution in [0.25, 0.3) is 0 Å².